The summed E-state index contributed by atoms with van der Waals surface area (Å²) in [5.41, 5.74) is -0.501. The minimum absolute atomic E-state index is 0.00943. The van der Waals surface area contributed by atoms with E-state index in [1.807, 2.05) is 17.7 Å². The molecule has 34 heavy (non-hydrogen) atoms. The van der Waals surface area contributed by atoms with Crippen molar-refractivity contribution in [2.75, 3.05) is 13.2 Å². The van der Waals surface area contributed by atoms with Gasteiger partial charge in [0.1, 0.15) is 0 Å². The molecular formula is C24H31F3N4O3. The van der Waals surface area contributed by atoms with E-state index in [0.29, 0.717) is 18.8 Å². The molecule has 0 aromatic carbocycles. The molecule has 4 fully saturated rings. The molecule has 186 valence electrons. The monoisotopic (exact) mass is 480 g/mol. The van der Waals surface area contributed by atoms with E-state index in [1.165, 1.54) is 10.8 Å². The molecule has 3 aliphatic carbocycles. The third-order valence-corrected chi connectivity index (χ3v) is 8.52. The number of fused-ring (bicyclic) bond motifs is 4. The fraction of sp³-hybridized carbons (Fsp3) is 0.750. The summed E-state index contributed by atoms with van der Waals surface area (Å²) in [7, 11) is 0. The summed E-state index contributed by atoms with van der Waals surface area (Å²) >= 11 is 0. The quantitative estimate of drug-likeness (QED) is 0.685. The molecule has 7 nitrogen and oxygen atoms in total. The van der Waals surface area contributed by atoms with Gasteiger partial charge in [0.2, 0.25) is 5.60 Å². The summed E-state index contributed by atoms with van der Waals surface area (Å²) < 4.78 is 55.8. The Kier molecular flexibility index (Phi) is 4.84. The number of hydrogen-bond acceptors (Lipinski definition) is 5. The summed E-state index contributed by atoms with van der Waals surface area (Å²) in [4.78, 5) is 4.02. The molecule has 2 aromatic heterocycles. The average Bonchev–Trinajstić information content (AvgIpc) is 3.52. The van der Waals surface area contributed by atoms with Crippen LogP contribution in [0.5, 0.6) is 0 Å². The topological polar surface area (TPSA) is 74.3 Å². The largest absolute Gasteiger partial charge is 0.424 e. The first-order valence-corrected chi connectivity index (χ1v) is 12.2. The van der Waals surface area contributed by atoms with Gasteiger partial charge in [-0.05, 0) is 70.3 Å². The normalized spacial score (nSPS) is 34.3. The van der Waals surface area contributed by atoms with Crippen LogP contribution in [0, 0.1) is 5.41 Å². The van der Waals surface area contributed by atoms with Gasteiger partial charge in [-0.2, -0.15) is 18.3 Å². The van der Waals surface area contributed by atoms with Crippen LogP contribution in [0.4, 0.5) is 13.2 Å². The Bertz CT molecular complexity index is 1090. The van der Waals surface area contributed by atoms with E-state index < -0.39 is 11.8 Å². The first-order chi connectivity index (χ1) is 16.0. The molecule has 3 saturated carbocycles. The molecule has 10 heteroatoms. The van der Waals surface area contributed by atoms with Crippen molar-refractivity contribution < 1.29 is 27.8 Å². The highest BCUT2D eigenvalue weighted by Gasteiger charge is 2.62. The number of aliphatic hydroxyl groups is 1. The van der Waals surface area contributed by atoms with Crippen LogP contribution in [-0.2, 0) is 27.0 Å². The van der Waals surface area contributed by atoms with Gasteiger partial charge in [0, 0.05) is 12.0 Å². The minimum atomic E-state index is -4.82. The number of hydrogen-bond donors (Lipinski definition) is 1. The molecular weight excluding hydrogens is 449 g/mol. The van der Waals surface area contributed by atoms with Gasteiger partial charge in [-0.3, -0.25) is 4.68 Å². The van der Waals surface area contributed by atoms with Crippen molar-refractivity contribution in [3.63, 3.8) is 0 Å². The van der Waals surface area contributed by atoms with Gasteiger partial charge in [-0.1, -0.05) is 0 Å². The van der Waals surface area contributed by atoms with Crippen LogP contribution in [0.3, 0.4) is 0 Å². The molecule has 7 rings (SSSR count). The van der Waals surface area contributed by atoms with Crippen LogP contribution < -0.4 is 0 Å². The summed E-state index contributed by atoms with van der Waals surface area (Å²) in [6.45, 7) is 4.52. The van der Waals surface area contributed by atoms with Crippen molar-refractivity contribution in [3.8, 4) is 11.4 Å². The fourth-order valence-corrected chi connectivity index (χ4v) is 6.67. The van der Waals surface area contributed by atoms with Gasteiger partial charge in [-0.15, -0.1) is 0 Å². The number of alkyl halides is 3. The number of halogens is 3. The predicted octanol–water partition coefficient (Wildman–Crippen LogP) is 4.45. The fourth-order valence-electron chi connectivity index (χ4n) is 6.67. The van der Waals surface area contributed by atoms with Gasteiger partial charge < -0.3 is 19.1 Å². The number of aromatic nitrogens is 4. The standard InChI is InChI=1S/C24H31F3N4O3/c1-15-11-30-16(17-10-28-20(31(15)17)21(2,32)24(25,26)27)9-18(29-30)23-7-6-22(12-23,13-23)14-34-19-5-3-4-8-33-19/h9-10,15,19,32H,3-8,11-14H2,1-2H3/t15-,19?,21+,22?,23?/m0/s1. The van der Waals surface area contributed by atoms with Gasteiger partial charge in [0.25, 0.3) is 0 Å². The second-order valence-electron chi connectivity index (χ2n) is 11.1. The van der Waals surface area contributed by atoms with Crippen molar-refractivity contribution >= 4 is 0 Å². The number of ether oxygens (including phenoxy) is 2. The SMILES string of the molecule is C[C@H]1Cn2nc(C34CCC(COC5CCCCO5)(C3)C4)cc2-c2cnc([C@@](C)(O)C(F)(F)F)n21. The van der Waals surface area contributed by atoms with Crippen LogP contribution in [0.25, 0.3) is 11.4 Å². The van der Waals surface area contributed by atoms with Crippen molar-refractivity contribution in [2.45, 2.75) is 94.9 Å². The van der Waals surface area contributed by atoms with E-state index in [-0.39, 0.29) is 29.0 Å². The smallest absolute Gasteiger partial charge is 0.374 e. The maximum absolute atomic E-state index is 13.5. The van der Waals surface area contributed by atoms with Gasteiger partial charge >= 0.3 is 6.18 Å². The zero-order chi connectivity index (χ0) is 23.9. The van der Waals surface area contributed by atoms with Crippen molar-refractivity contribution in [3.05, 3.63) is 23.8 Å². The number of imidazole rings is 1. The van der Waals surface area contributed by atoms with E-state index >= 15 is 0 Å². The summed E-state index contributed by atoms with van der Waals surface area (Å²) in [5, 5.41) is 15.2. The molecule has 0 spiro atoms. The Morgan fingerprint density at radius 3 is 2.74 bits per heavy atom. The van der Waals surface area contributed by atoms with Gasteiger partial charge in [-0.25, -0.2) is 4.98 Å². The zero-order valence-electron chi connectivity index (χ0n) is 19.6. The lowest BCUT2D eigenvalue weighted by atomic mass is 9.59. The Morgan fingerprint density at radius 2 is 2.03 bits per heavy atom. The Balaban J connectivity index is 1.24. The second-order valence-corrected chi connectivity index (χ2v) is 11.1. The first-order valence-electron chi connectivity index (χ1n) is 12.2. The molecule has 1 N–H and O–H groups in total. The Hall–Kier alpha value is -1.91. The molecule has 0 amide bonds. The summed E-state index contributed by atoms with van der Waals surface area (Å²) in [5.74, 6) is -0.375. The number of rotatable bonds is 5. The van der Waals surface area contributed by atoms with E-state index in [0.717, 1.165) is 69.9 Å². The van der Waals surface area contributed by atoms with E-state index in [9.17, 15) is 18.3 Å². The summed E-state index contributed by atoms with van der Waals surface area (Å²) in [6.07, 6.45) is 3.92. The molecule has 0 radical (unpaired) electrons. The maximum atomic E-state index is 13.5. The van der Waals surface area contributed by atoms with Crippen molar-refractivity contribution in [1.82, 2.24) is 19.3 Å². The van der Waals surface area contributed by atoms with Crippen LogP contribution in [0.1, 0.15) is 76.4 Å². The molecule has 3 atom stereocenters. The molecule has 2 bridgehead atoms. The van der Waals surface area contributed by atoms with Crippen LogP contribution in [0.2, 0.25) is 0 Å². The van der Waals surface area contributed by atoms with Crippen LogP contribution in [0.15, 0.2) is 12.3 Å². The third-order valence-electron chi connectivity index (χ3n) is 8.52. The lowest BCUT2D eigenvalue weighted by Crippen LogP contribution is -2.44. The van der Waals surface area contributed by atoms with Gasteiger partial charge in [0.05, 0.1) is 42.5 Å². The Morgan fingerprint density at radius 1 is 1.24 bits per heavy atom. The minimum Gasteiger partial charge on any atom is -0.374 e. The molecule has 1 saturated heterocycles. The van der Waals surface area contributed by atoms with Crippen molar-refractivity contribution in [2.24, 2.45) is 5.41 Å². The molecule has 2 aromatic rings. The average molecular weight is 481 g/mol. The van der Waals surface area contributed by atoms with Crippen molar-refractivity contribution in [1.29, 1.82) is 0 Å². The molecule has 4 heterocycles. The van der Waals surface area contributed by atoms with Gasteiger partial charge in [0.15, 0.2) is 12.1 Å². The summed E-state index contributed by atoms with van der Waals surface area (Å²) in [6, 6.07) is 1.71. The molecule has 2 aliphatic heterocycles. The lowest BCUT2D eigenvalue weighted by molar-refractivity contribution is -0.262. The van der Waals surface area contributed by atoms with E-state index in [2.05, 4.69) is 4.98 Å². The molecule has 5 aliphatic rings. The Labute approximate surface area is 196 Å². The highest BCUT2D eigenvalue weighted by molar-refractivity contribution is 5.58. The van der Waals surface area contributed by atoms with Crippen LogP contribution >= 0.6 is 0 Å². The van der Waals surface area contributed by atoms with E-state index in [4.69, 9.17) is 14.6 Å². The maximum Gasteiger partial charge on any atom is 0.424 e. The zero-order valence-corrected chi connectivity index (χ0v) is 19.6. The predicted molar refractivity (Wildman–Crippen MR) is 116 cm³/mol. The first kappa shape index (κ1) is 22.5. The third kappa shape index (κ3) is 3.21. The number of nitrogens with zero attached hydrogens (tertiary/aromatic N) is 4. The highest BCUT2D eigenvalue weighted by Crippen LogP contribution is 2.67. The highest BCUT2D eigenvalue weighted by atomic mass is 19.4. The second kappa shape index (κ2) is 7.30. The molecule has 1 unspecified atom stereocenters. The van der Waals surface area contributed by atoms with Crippen LogP contribution in [-0.4, -0.2) is 50.1 Å². The lowest BCUT2D eigenvalue weighted by Gasteiger charge is -2.47. The van der Waals surface area contributed by atoms with E-state index in [1.54, 1.807) is 0 Å².